The molecule has 3 aromatic rings. The first-order chi connectivity index (χ1) is 8.24. The van der Waals surface area contributed by atoms with Gasteiger partial charge in [0.05, 0.1) is 11.7 Å². The fraction of sp³-hybridized carbons (Fsp3) is 0. The molecule has 0 amide bonds. The molecule has 0 radical (unpaired) electrons. The highest BCUT2D eigenvalue weighted by atomic mass is 15.3. The standard InChI is InChI=1S/C11H10N6/c12-9-5-10(13)16-11(15-9)17-8-4-2-1-3-7(8)6-14-17/h1-6H,(H4,12,13,15,16). The molecular weight excluding hydrogens is 216 g/mol. The molecule has 0 fully saturated rings. The Hall–Kier alpha value is -2.63. The molecular formula is C11H10N6. The summed E-state index contributed by atoms with van der Waals surface area (Å²) >= 11 is 0. The van der Waals surface area contributed by atoms with Crippen molar-refractivity contribution >= 4 is 22.5 Å². The zero-order valence-electron chi connectivity index (χ0n) is 8.91. The Labute approximate surface area is 96.9 Å². The number of aromatic nitrogens is 4. The van der Waals surface area contributed by atoms with E-state index in [1.165, 1.54) is 6.07 Å². The Kier molecular flexibility index (Phi) is 1.94. The van der Waals surface area contributed by atoms with E-state index in [1.807, 2.05) is 24.3 Å². The van der Waals surface area contributed by atoms with Crippen LogP contribution >= 0.6 is 0 Å². The van der Waals surface area contributed by atoms with Gasteiger partial charge in [-0.3, -0.25) is 0 Å². The Morgan fingerprint density at radius 1 is 1.00 bits per heavy atom. The van der Waals surface area contributed by atoms with Crippen LogP contribution in [-0.2, 0) is 0 Å². The number of nitrogens with zero attached hydrogens (tertiary/aromatic N) is 4. The van der Waals surface area contributed by atoms with Crippen molar-refractivity contribution in [3.05, 3.63) is 36.5 Å². The van der Waals surface area contributed by atoms with Crippen LogP contribution in [0.4, 0.5) is 11.6 Å². The number of rotatable bonds is 1. The Bertz CT molecular complexity index is 667. The number of hydrogen-bond donors (Lipinski definition) is 2. The Morgan fingerprint density at radius 2 is 1.71 bits per heavy atom. The van der Waals surface area contributed by atoms with Crippen molar-refractivity contribution in [3.63, 3.8) is 0 Å². The maximum atomic E-state index is 5.64. The summed E-state index contributed by atoms with van der Waals surface area (Å²) in [6, 6.07) is 9.29. The van der Waals surface area contributed by atoms with Crippen LogP contribution in [0.2, 0.25) is 0 Å². The number of nitrogens with two attached hydrogens (primary N) is 2. The maximum absolute atomic E-state index is 5.64. The van der Waals surface area contributed by atoms with E-state index in [0.717, 1.165) is 10.9 Å². The van der Waals surface area contributed by atoms with Crippen molar-refractivity contribution in [1.82, 2.24) is 19.7 Å². The van der Waals surface area contributed by atoms with Crippen LogP contribution in [-0.4, -0.2) is 19.7 Å². The van der Waals surface area contributed by atoms with Crippen molar-refractivity contribution in [2.24, 2.45) is 0 Å². The number of fused-ring (bicyclic) bond motifs is 1. The van der Waals surface area contributed by atoms with Gasteiger partial charge in [0.25, 0.3) is 5.95 Å². The van der Waals surface area contributed by atoms with Crippen LogP contribution < -0.4 is 11.5 Å². The van der Waals surface area contributed by atoms with Crippen LogP contribution in [0.3, 0.4) is 0 Å². The van der Waals surface area contributed by atoms with Crippen LogP contribution in [0.15, 0.2) is 36.5 Å². The molecule has 0 saturated carbocycles. The molecule has 0 aliphatic heterocycles. The minimum Gasteiger partial charge on any atom is -0.383 e. The van der Waals surface area contributed by atoms with E-state index in [1.54, 1.807) is 10.9 Å². The molecule has 0 saturated heterocycles. The first kappa shape index (κ1) is 9.59. The Morgan fingerprint density at radius 3 is 2.47 bits per heavy atom. The summed E-state index contributed by atoms with van der Waals surface area (Å²) in [6.07, 6.45) is 1.75. The molecule has 0 unspecified atom stereocenters. The van der Waals surface area contributed by atoms with E-state index >= 15 is 0 Å². The fourth-order valence-electron chi connectivity index (χ4n) is 1.70. The Balaban J connectivity index is 2.27. The smallest absolute Gasteiger partial charge is 0.255 e. The number of benzene rings is 1. The van der Waals surface area contributed by atoms with Gasteiger partial charge in [-0.15, -0.1) is 0 Å². The third kappa shape index (κ3) is 1.55. The highest BCUT2D eigenvalue weighted by Gasteiger charge is 2.07. The molecule has 3 rings (SSSR count). The summed E-state index contributed by atoms with van der Waals surface area (Å²) in [5.41, 5.74) is 12.2. The molecule has 0 atom stereocenters. The van der Waals surface area contributed by atoms with Crippen molar-refractivity contribution in [2.75, 3.05) is 11.5 Å². The second kappa shape index (κ2) is 3.44. The largest absolute Gasteiger partial charge is 0.383 e. The predicted octanol–water partition coefficient (Wildman–Crippen LogP) is 0.980. The van der Waals surface area contributed by atoms with Crippen molar-refractivity contribution in [1.29, 1.82) is 0 Å². The third-order valence-corrected chi connectivity index (χ3v) is 2.42. The van der Waals surface area contributed by atoms with Crippen LogP contribution in [0.25, 0.3) is 16.9 Å². The molecule has 2 aromatic heterocycles. The van der Waals surface area contributed by atoms with Crippen LogP contribution in [0.1, 0.15) is 0 Å². The van der Waals surface area contributed by atoms with Crippen LogP contribution in [0, 0.1) is 0 Å². The van der Waals surface area contributed by atoms with Gasteiger partial charge in [-0.05, 0) is 6.07 Å². The van der Waals surface area contributed by atoms with E-state index in [-0.39, 0.29) is 0 Å². The highest BCUT2D eigenvalue weighted by molar-refractivity contribution is 5.79. The fourth-order valence-corrected chi connectivity index (χ4v) is 1.70. The minimum absolute atomic E-state index is 0.326. The van der Waals surface area contributed by atoms with Gasteiger partial charge in [0.2, 0.25) is 0 Å². The summed E-state index contributed by atoms with van der Waals surface area (Å²) in [4.78, 5) is 8.23. The zero-order chi connectivity index (χ0) is 11.8. The molecule has 0 spiro atoms. The number of hydrogen-bond acceptors (Lipinski definition) is 5. The second-order valence-corrected chi connectivity index (χ2v) is 3.63. The first-order valence-corrected chi connectivity index (χ1v) is 5.07. The summed E-state index contributed by atoms with van der Waals surface area (Å²) < 4.78 is 1.61. The van der Waals surface area contributed by atoms with Gasteiger partial charge in [0, 0.05) is 11.5 Å². The van der Waals surface area contributed by atoms with E-state index in [0.29, 0.717) is 17.6 Å². The molecule has 6 nitrogen and oxygen atoms in total. The van der Waals surface area contributed by atoms with Gasteiger partial charge in [-0.25, -0.2) is 0 Å². The molecule has 17 heavy (non-hydrogen) atoms. The third-order valence-electron chi connectivity index (χ3n) is 2.42. The lowest BCUT2D eigenvalue weighted by Gasteiger charge is -2.03. The highest BCUT2D eigenvalue weighted by Crippen LogP contribution is 2.16. The van der Waals surface area contributed by atoms with Gasteiger partial charge in [0.1, 0.15) is 11.6 Å². The van der Waals surface area contributed by atoms with Crippen molar-refractivity contribution < 1.29 is 0 Å². The molecule has 0 bridgehead atoms. The van der Waals surface area contributed by atoms with Gasteiger partial charge >= 0.3 is 0 Å². The second-order valence-electron chi connectivity index (χ2n) is 3.63. The van der Waals surface area contributed by atoms with E-state index in [2.05, 4.69) is 15.1 Å². The van der Waals surface area contributed by atoms with Gasteiger partial charge in [-0.1, -0.05) is 18.2 Å². The predicted molar refractivity (Wildman–Crippen MR) is 65.5 cm³/mol. The lowest BCUT2D eigenvalue weighted by Crippen LogP contribution is -2.07. The van der Waals surface area contributed by atoms with Gasteiger partial charge in [-0.2, -0.15) is 19.7 Å². The molecule has 1 aromatic carbocycles. The van der Waals surface area contributed by atoms with Gasteiger partial charge in [0.15, 0.2) is 0 Å². The number of anilines is 2. The average Bonchev–Trinajstić information content (AvgIpc) is 2.71. The monoisotopic (exact) mass is 226 g/mol. The normalized spacial score (nSPS) is 10.8. The number of para-hydroxylation sites is 1. The summed E-state index contributed by atoms with van der Waals surface area (Å²) in [7, 11) is 0. The molecule has 84 valence electrons. The molecule has 0 aliphatic carbocycles. The molecule has 4 N–H and O–H groups in total. The quantitative estimate of drug-likeness (QED) is 0.644. The SMILES string of the molecule is Nc1cc(N)nc(-n2ncc3ccccc32)n1. The topological polar surface area (TPSA) is 95.6 Å². The first-order valence-electron chi connectivity index (χ1n) is 5.07. The van der Waals surface area contributed by atoms with Gasteiger partial charge < -0.3 is 11.5 Å². The van der Waals surface area contributed by atoms with Crippen molar-refractivity contribution in [3.8, 4) is 5.95 Å². The van der Waals surface area contributed by atoms with Crippen LogP contribution in [0.5, 0.6) is 0 Å². The average molecular weight is 226 g/mol. The zero-order valence-corrected chi connectivity index (χ0v) is 8.91. The summed E-state index contributed by atoms with van der Waals surface area (Å²) in [5, 5.41) is 5.24. The van der Waals surface area contributed by atoms with Crippen molar-refractivity contribution in [2.45, 2.75) is 0 Å². The summed E-state index contributed by atoms with van der Waals surface area (Å²) in [5.74, 6) is 1.03. The van der Waals surface area contributed by atoms with E-state index < -0.39 is 0 Å². The minimum atomic E-state index is 0.326. The lowest BCUT2D eigenvalue weighted by atomic mass is 10.3. The molecule has 0 aliphatic rings. The number of nitrogen functional groups attached to an aromatic ring is 2. The van der Waals surface area contributed by atoms with E-state index in [4.69, 9.17) is 11.5 Å². The van der Waals surface area contributed by atoms with E-state index in [9.17, 15) is 0 Å². The molecule has 6 heteroatoms. The molecule has 2 heterocycles. The lowest BCUT2D eigenvalue weighted by molar-refractivity contribution is 0.838. The maximum Gasteiger partial charge on any atom is 0.255 e. The summed E-state index contributed by atoms with van der Waals surface area (Å²) in [6.45, 7) is 0.